The fraction of sp³-hybridized carbons (Fsp3) is 0.562. The van der Waals surface area contributed by atoms with Crippen molar-refractivity contribution in [2.24, 2.45) is 17.8 Å². The summed E-state index contributed by atoms with van der Waals surface area (Å²) in [5.41, 5.74) is 1.15. The van der Waals surface area contributed by atoms with Crippen LogP contribution in [0.1, 0.15) is 31.9 Å². The summed E-state index contributed by atoms with van der Waals surface area (Å²) in [7, 11) is 1.86. The summed E-state index contributed by atoms with van der Waals surface area (Å²) in [5.74, 6) is 1.31. The Hall–Kier alpha value is -1.06. The van der Waals surface area contributed by atoms with Crippen LogP contribution in [-0.4, -0.2) is 19.5 Å². The van der Waals surface area contributed by atoms with E-state index in [1.54, 1.807) is 0 Å². The maximum atomic E-state index is 12.2. The van der Waals surface area contributed by atoms with Gasteiger partial charge in [-0.25, -0.2) is 0 Å². The summed E-state index contributed by atoms with van der Waals surface area (Å²) in [6.07, 6.45) is 1.17. The van der Waals surface area contributed by atoms with Crippen LogP contribution in [0.3, 0.4) is 0 Å². The molecule has 1 saturated carbocycles. The van der Waals surface area contributed by atoms with Crippen LogP contribution in [0, 0.1) is 17.8 Å². The summed E-state index contributed by atoms with van der Waals surface area (Å²) in [6.45, 7) is 4.87. The van der Waals surface area contributed by atoms with Crippen molar-refractivity contribution in [3.05, 3.63) is 34.9 Å². The molecule has 1 fully saturated rings. The molecule has 0 saturated heterocycles. The Bertz CT molecular complexity index is 460. The zero-order chi connectivity index (χ0) is 14.7. The van der Waals surface area contributed by atoms with Crippen LogP contribution >= 0.6 is 11.6 Å². The predicted molar refractivity (Wildman–Crippen MR) is 82.7 cm³/mol. The van der Waals surface area contributed by atoms with E-state index in [9.17, 15) is 4.79 Å². The Morgan fingerprint density at radius 3 is 2.50 bits per heavy atom. The quantitative estimate of drug-likeness (QED) is 0.847. The molecule has 20 heavy (non-hydrogen) atoms. The zero-order valence-corrected chi connectivity index (χ0v) is 13.1. The standard InChI is InChI=1S/C16H23ClN2O/c1-10-8-14(10)15(12-4-6-13(17)7-5-12)19-16(20)11(2)9-18-3/h4-7,10-11,14-15,18H,8-9H2,1-3H3,(H,19,20). The van der Waals surface area contributed by atoms with Gasteiger partial charge in [-0.15, -0.1) is 0 Å². The average molecular weight is 295 g/mol. The van der Waals surface area contributed by atoms with Gasteiger partial charge < -0.3 is 10.6 Å². The number of nitrogens with one attached hydrogen (secondary N) is 2. The van der Waals surface area contributed by atoms with Crippen molar-refractivity contribution < 1.29 is 4.79 Å². The van der Waals surface area contributed by atoms with Gasteiger partial charge in [0, 0.05) is 17.5 Å². The highest BCUT2D eigenvalue weighted by Gasteiger charge is 2.41. The Labute approximate surface area is 126 Å². The number of halogens is 1. The molecule has 1 aromatic carbocycles. The molecule has 0 spiro atoms. The lowest BCUT2D eigenvalue weighted by Gasteiger charge is -2.22. The molecule has 0 aromatic heterocycles. The minimum absolute atomic E-state index is 0.0242. The lowest BCUT2D eigenvalue weighted by Crippen LogP contribution is -2.37. The van der Waals surface area contributed by atoms with Gasteiger partial charge in [-0.2, -0.15) is 0 Å². The summed E-state index contributed by atoms with van der Waals surface area (Å²) in [4.78, 5) is 12.2. The Morgan fingerprint density at radius 1 is 1.40 bits per heavy atom. The molecule has 1 aliphatic carbocycles. The molecule has 2 rings (SSSR count). The van der Waals surface area contributed by atoms with Crippen LogP contribution in [0.4, 0.5) is 0 Å². The SMILES string of the molecule is CNCC(C)C(=O)NC(c1ccc(Cl)cc1)C1CC1C. The number of benzene rings is 1. The Morgan fingerprint density at radius 2 is 2.00 bits per heavy atom. The van der Waals surface area contributed by atoms with Crippen molar-refractivity contribution in [2.45, 2.75) is 26.3 Å². The normalized spacial score (nSPS) is 24.0. The van der Waals surface area contributed by atoms with Gasteiger partial charge in [-0.1, -0.05) is 37.6 Å². The molecule has 110 valence electrons. The largest absolute Gasteiger partial charge is 0.349 e. The van der Waals surface area contributed by atoms with Gasteiger partial charge in [0.15, 0.2) is 0 Å². The fourth-order valence-corrected chi connectivity index (χ4v) is 2.74. The van der Waals surface area contributed by atoms with E-state index in [0.29, 0.717) is 18.4 Å². The summed E-state index contributed by atoms with van der Waals surface area (Å²) in [6, 6.07) is 7.91. The second-order valence-corrected chi connectivity index (χ2v) is 6.31. The first-order valence-corrected chi connectivity index (χ1v) is 7.61. The second kappa shape index (κ2) is 6.59. The molecule has 2 N–H and O–H groups in total. The van der Waals surface area contributed by atoms with Gasteiger partial charge in [0.1, 0.15) is 0 Å². The van der Waals surface area contributed by atoms with Crippen molar-refractivity contribution in [1.82, 2.24) is 10.6 Å². The molecule has 1 amide bonds. The van der Waals surface area contributed by atoms with E-state index in [4.69, 9.17) is 11.6 Å². The van der Waals surface area contributed by atoms with E-state index in [0.717, 1.165) is 10.6 Å². The van der Waals surface area contributed by atoms with E-state index in [1.807, 2.05) is 38.2 Å². The third kappa shape index (κ3) is 3.74. The molecule has 0 aliphatic heterocycles. The molecule has 0 bridgehead atoms. The van der Waals surface area contributed by atoms with Crippen LogP contribution in [0.15, 0.2) is 24.3 Å². The van der Waals surface area contributed by atoms with Gasteiger partial charge in [0.2, 0.25) is 5.91 Å². The molecule has 4 atom stereocenters. The maximum absolute atomic E-state index is 12.2. The van der Waals surface area contributed by atoms with E-state index in [-0.39, 0.29) is 17.9 Å². The third-order valence-electron chi connectivity index (χ3n) is 4.08. The van der Waals surface area contributed by atoms with E-state index < -0.39 is 0 Å². The van der Waals surface area contributed by atoms with E-state index in [2.05, 4.69) is 17.6 Å². The smallest absolute Gasteiger partial charge is 0.224 e. The van der Waals surface area contributed by atoms with Crippen molar-refractivity contribution in [1.29, 1.82) is 0 Å². The number of carbonyl (C=O) groups is 1. The Kier molecular flexibility index (Phi) is 5.06. The van der Waals surface area contributed by atoms with Crippen LogP contribution in [0.5, 0.6) is 0 Å². The van der Waals surface area contributed by atoms with Gasteiger partial charge in [-0.3, -0.25) is 4.79 Å². The monoisotopic (exact) mass is 294 g/mol. The van der Waals surface area contributed by atoms with Crippen molar-refractivity contribution in [3.8, 4) is 0 Å². The Balaban J connectivity index is 2.08. The predicted octanol–water partition coefficient (Wildman–Crippen LogP) is 3.01. The molecule has 0 heterocycles. The first kappa shape index (κ1) is 15.3. The van der Waals surface area contributed by atoms with Crippen LogP contribution in [0.2, 0.25) is 5.02 Å². The minimum atomic E-state index is -0.0242. The van der Waals surface area contributed by atoms with Crippen LogP contribution in [-0.2, 0) is 4.79 Å². The second-order valence-electron chi connectivity index (χ2n) is 5.87. The van der Waals surface area contributed by atoms with Crippen LogP contribution in [0.25, 0.3) is 0 Å². The number of amides is 1. The van der Waals surface area contributed by atoms with Gasteiger partial charge in [-0.05, 0) is 43.0 Å². The summed E-state index contributed by atoms with van der Waals surface area (Å²) in [5, 5.41) is 6.98. The van der Waals surface area contributed by atoms with Crippen molar-refractivity contribution >= 4 is 17.5 Å². The molecular formula is C16H23ClN2O. The molecule has 1 aliphatic rings. The minimum Gasteiger partial charge on any atom is -0.349 e. The van der Waals surface area contributed by atoms with Crippen LogP contribution < -0.4 is 10.6 Å². The van der Waals surface area contributed by atoms with Gasteiger partial charge in [0.25, 0.3) is 0 Å². The average Bonchev–Trinajstić information content (AvgIpc) is 3.14. The summed E-state index contributed by atoms with van der Waals surface area (Å²) < 4.78 is 0. The molecule has 1 aromatic rings. The lowest BCUT2D eigenvalue weighted by atomic mass is 10.00. The highest BCUT2D eigenvalue weighted by molar-refractivity contribution is 6.30. The summed E-state index contributed by atoms with van der Waals surface area (Å²) >= 11 is 5.94. The van der Waals surface area contributed by atoms with Gasteiger partial charge >= 0.3 is 0 Å². The molecule has 0 radical (unpaired) electrons. The molecule has 4 unspecified atom stereocenters. The highest BCUT2D eigenvalue weighted by Crippen LogP contribution is 2.47. The van der Waals surface area contributed by atoms with Crippen molar-refractivity contribution in [2.75, 3.05) is 13.6 Å². The number of carbonyl (C=O) groups excluding carboxylic acids is 1. The maximum Gasteiger partial charge on any atom is 0.224 e. The molecule has 4 heteroatoms. The first-order valence-electron chi connectivity index (χ1n) is 7.23. The highest BCUT2D eigenvalue weighted by atomic mass is 35.5. The molecule has 3 nitrogen and oxygen atoms in total. The number of hydrogen-bond donors (Lipinski definition) is 2. The van der Waals surface area contributed by atoms with Gasteiger partial charge in [0.05, 0.1) is 6.04 Å². The lowest BCUT2D eigenvalue weighted by molar-refractivity contribution is -0.125. The molecular weight excluding hydrogens is 272 g/mol. The van der Waals surface area contributed by atoms with E-state index in [1.165, 1.54) is 6.42 Å². The number of hydrogen-bond acceptors (Lipinski definition) is 2. The fourth-order valence-electron chi connectivity index (χ4n) is 2.62. The number of rotatable bonds is 6. The van der Waals surface area contributed by atoms with E-state index >= 15 is 0 Å². The van der Waals surface area contributed by atoms with Crippen molar-refractivity contribution in [3.63, 3.8) is 0 Å². The third-order valence-corrected chi connectivity index (χ3v) is 4.34. The zero-order valence-electron chi connectivity index (χ0n) is 12.3. The first-order chi connectivity index (χ1) is 9.52. The topological polar surface area (TPSA) is 41.1 Å².